The molecule has 1 aliphatic heterocycles. The molecule has 0 aliphatic carbocycles. The van der Waals surface area contributed by atoms with Crippen molar-refractivity contribution in [2.24, 2.45) is 5.92 Å². The van der Waals surface area contributed by atoms with Gasteiger partial charge in [0.1, 0.15) is 6.61 Å². The molecule has 19 heavy (non-hydrogen) atoms. The molecule has 0 aromatic heterocycles. The lowest BCUT2D eigenvalue weighted by atomic mass is 9.97. The fourth-order valence-electron chi connectivity index (χ4n) is 2.00. The van der Waals surface area contributed by atoms with Crippen LogP contribution in [0.15, 0.2) is 12.7 Å². The summed E-state index contributed by atoms with van der Waals surface area (Å²) < 4.78 is 4.97. The normalized spacial score (nSPS) is 15.9. The number of piperidine rings is 1. The molecule has 6 heteroatoms. The number of amides is 1. The van der Waals surface area contributed by atoms with Crippen LogP contribution in [-0.2, 0) is 19.1 Å². The Hall–Kier alpha value is -1.85. The molecule has 1 fully saturated rings. The van der Waals surface area contributed by atoms with Gasteiger partial charge < -0.3 is 14.7 Å². The number of rotatable bonds is 6. The average molecular weight is 269 g/mol. The quantitative estimate of drug-likeness (QED) is 0.570. The van der Waals surface area contributed by atoms with Crippen LogP contribution in [0.2, 0.25) is 0 Å². The molecular weight excluding hydrogens is 250 g/mol. The summed E-state index contributed by atoms with van der Waals surface area (Å²) >= 11 is 0. The van der Waals surface area contributed by atoms with Crippen molar-refractivity contribution >= 4 is 17.8 Å². The molecular formula is C13H19NO5. The van der Waals surface area contributed by atoms with Crippen molar-refractivity contribution in [1.82, 2.24) is 4.90 Å². The highest BCUT2D eigenvalue weighted by Gasteiger charge is 2.28. The fraction of sp³-hybridized carbons (Fsp3) is 0.615. The van der Waals surface area contributed by atoms with E-state index in [1.165, 1.54) is 6.08 Å². The molecule has 6 nitrogen and oxygen atoms in total. The van der Waals surface area contributed by atoms with Crippen molar-refractivity contribution in [3.05, 3.63) is 12.7 Å². The van der Waals surface area contributed by atoms with Crippen LogP contribution in [0.3, 0.4) is 0 Å². The maximum Gasteiger partial charge on any atom is 0.309 e. The van der Waals surface area contributed by atoms with E-state index in [4.69, 9.17) is 9.84 Å². The van der Waals surface area contributed by atoms with Crippen LogP contribution < -0.4 is 0 Å². The second kappa shape index (κ2) is 7.56. The predicted octanol–water partition coefficient (Wildman–Crippen LogP) is 0.819. The van der Waals surface area contributed by atoms with Crippen LogP contribution in [0, 0.1) is 5.92 Å². The minimum absolute atomic E-state index is 0.0148. The van der Waals surface area contributed by atoms with Gasteiger partial charge in [0.25, 0.3) is 0 Å². The Balaban J connectivity index is 2.31. The van der Waals surface area contributed by atoms with E-state index in [0.29, 0.717) is 25.9 Å². The first-order valence-corrected chi connectivity index (χ1v) is 6.31. The number of carbonyl (C=O) groups is 3. The summed E-state index contributed by atoms with van der Waals surface area (Å²) in [6.07, 6.45) is 2.51. The number of esters is 1. The van der Waals surface area contributed by atoms with Gasteiger partial charge in [-0.25, -0.2) is 0 Å². The van der Waals surface area contributed by atoms with E-state index in [1.807, 2.05) is 0 Å². The van der Waals surface area contributed by atoms with Crippen LogP contribution >= 0.6 is 0 Å². The number of carboxylic acids is 1. The third-order valence-electron chi connectivity index (χ3n) is 3.08. The van der Waals surface area contributed by atoms with E-state index < -0.39 is 5.97 Å². The summed E-state index contributed by atoms with van der Waals surface area (Å²) in [6, 6.07) is 0. The number of ether oxygens (including phenoxy) is 1. The Morgan fingerprint density at radius 2 is 1.89 bits per heavy atom. The molecule has 0 atom stereocenters. The van der Waals surface area contributed by atoms with Crippen molar-refractivity contribution in [1.29, 1.82) is 0 Å². The van der Waals surface area contributed by atoms with E-state index in [0.717, 1.165) is 0 Å². The molecule has 106 valence electrons. The smallest absolute Gasteiger partial charge is 0.309 e. The number of likely N-dealkylation sites (tertiary alicyclic amines) is 1. The van der Waals surface area contributed by atoms with Crippen molar-refractivity contribution < 1.29 is 24.2 Å². The van der Waals surface area contributed by atoms with Crippen LogP contribution in [0.1, 0.15) is 25.7 Å². The fourth-order valence-corrected chi connectivity index (χ4v) is 2.00. The number of hydrogen-bond donors (Lipinski definition) is 1. The van der Waals surface area contributed by atoms with Crippen LogP contribution in [0.4, 0.5) is 0 Å². The Kier molecular flexibility index (Phi) is 6.05. The number of aliphatic carboxylic acids is 1. The highest BCUT2D eigenvalue weighted by Crippen LogP contribution is 2.19. The average Bonchev–Trinajstić information content (AvgIpc) is 2.42. The predicted molar refractivity (Wildman–Crippen MR) is 67.3 cm³/mol. The summed E-state index contributed by atoms with van der Waals surface area (Å²) in [5.41, 5.74) is 0. The van der Waals surface area contributed by atoms with Crippen molar-refractivity contribution in [2.75, 3.05) is 19.7 Å². The minimum atomic E-state index is -0.976. The zero-order valence-electron chi connectivity index (χ0n) is 10.8. The summed E-state index contributed by atoms with van der Waals surface area (Å²) in [5.74, 6) is -1.57. The first kappa shape index (κ1) is 15.2. The Labute approximate surface area is 112 Å². The third kappa shape index (κ3) is 5.11. The zero-order chi connectivity index (χ0) is 14.3. The highest BCUT2D eigenvalue weighted by molar-refractivity contribution is 5.81. The molecule has 1 heterocycles. The standard InChI is InChI=1S/C13H19NO5/c1-2-9-19-13(18)10-5-7-14(8-6-10)11(15)3-4-12(16)17/h2,10H,1,3-9H2,(H,16,17). The molecule has 1 saturated heterocycles. The first-order valence-electron chi connectivity index (χ1n) is 6.31. The monoisotopic (exact) mass is 269 g/mol. The summed E-state index contributed by atoms with van der Waals surface area (Å²) in [4.78, 5) is 35.3. The van der Waals surface area contributed by atoms with Crippen LogP contribution in [-0.4, -0.2) is 47.5 Å². The molecule has 0 aromatic carbocycles. The van der Waals surface area contributed by atoms with Crippen LogP contribution in [0.25, 0.3) is 0 Å². The first-order chi connectivity index (χ1) is 9.04. The lowest BCUT2D eigenvalue weighted by Gasteiger charge is -2.30. The maximum atomic E-state index is 11.7. The minimum Gasteiger partial charge on any atom is -0.481 e. The summed E-state index contributed by atoms with van der Waals surface area (Å²) in [5, 5.41) is 8.52. The second-order valence-corrected chi connectivity index (χ2v) is 4.47. The molecule has 0 aromatic rings. The van der Waals surface area contributed by atoms with Gasteiger partial charge in [-0.1, -0.05) is 12.7 Å². The van der Waals surface area contributed by atoms with Gasteiger partial charge in [0.2, 0.25) is 5.91 Å². The molecule has 1 aliphatic rings. The summed E-state index contributed by atoms with van der Waals surface area (Å²) in [7, 11) is 0. The second-order valence-electron chi connectivity index (χ2n) is 4.47. The SMILES string of the molecule is C=CCOC(=O)C1CCN(C(=O)CCC(=O)O)CC1. The van der Waals surface area contributed by atoms with Gasteiger partial charge in [-0.15, -0.1) is 0 Å². The van der Waals surface area contributed by atoms with Gasteiger partial charge in [-0.3, -0.25) is 14.4 Å². The van der Waals surface area contributed by atoms with E-state index in [2.05, 4.69) is 6.58 Å². The van der Waals surface area contributed by atoms with E-state index >= 15 is 0 Å². The Bertz CT molecular complexity index is 358. The molecule has 1 rings (SSSR count). The van der Waals surface area contributed by atoms with Gasteiger partial charge in [-0.05, 0) is 12.8 Å². The van der Waals surface area contributed by atoms with Crippen molar-refractivity contribution in [2.45, 2.75) is 25.7 Å². The lowest BCUT2D eigenvalue weighted by Crippen LogP contribution is -2.40. The van der Waals surface area contributed by atoms with Gasteiger partial charge in [0.05, 0.1) is 12.3 Å². The van der Waals surface area contributed by atoms with Gasteiger partial charge in [0, 0.05) is 19.5 Å². The molecule has 0 unspecified atom stereocenters. The summed E-state index contributed by atoms with van der Waals surface area (Å²) in [6.45, 7) is 4.63. The van der Waals surface area contributed by atoms with Gasteiger partial charge >= 0.3 is 11.9 Å². The number of carboxylic acid groups (broad SMARTS) is 1. The largest absolute Gasteiger partial charge is 0.481 e. The molecule has 0 saturated carbocycles. The van der Waals surface area contributed by atoms with Crippen molar-refractivity contribution in [3.63, 3.8) is 0 Å². The van der Waals surface area contributed by atoms with E-state index in [1.54, 1.807) is 4.90 Å². The molecule has 1 N–H and O–H groups in total. The van der Waals surface area contributed by atoms with E-state index in [-0.39, 0.29) is 37.2 Å². The van der Waals surface area contributed by atoms with Crippen LogP contribution in [0.5, 0.6) is 0 Å². The Morgan fingerprint density at radius 3 is 2.42 bits per heavy atom. The van der Waals surface area contributed by atoms with Crippen molar-refractivity contribution in [3.8, 4) is 0 Å². The molecule has 0 spiro atoms. The third-order valence-corrected chi connectivity index (χ3v) is 3.08. The van der Waals surface area contributed by atoms with E-state index in [9.17, 15) is 14.4 Å². The maximum absolute atomic E-state index is 11.7. The Morgan fingerprint density at radius 1 is 1.26 bits per heavy atom. The lowest BCUT2D eigenvalue weighted by molar-refractivity contribution is -0.150. The van der Waals surface area contributed by atoms with Gasteiger partial charge in [-0.2, -0.15) is 0 Å². The molecule has 0 radical (unpaired) electrons. The molecule has 1 amide bonds. The number of hydrogen-bond acceptors (Lipinski definition) is 4. The zero-order valence-corrected chi connectivity index (χ0v) is 10.8. The van der Waals surface area contributed by atoms with Gasteiger partial charge in [0.15, 0.2) is 0 Å². The number of carbonyl (C=O) groups excluding carboxylic acids is 2. The highest BCUT2D eigenvalue weighted by atomic mass is 16.5. The number of nitrogens with zero attached hydrogens (tertiary/aromatic N) is 1. The topological polar surface area (TPSA) is 83.9 Å². The molecule has 0 bridgehead atoms.